The highest BCUT2D eigenvalue weighted by Crippen LogP contribution is 2.37. The van der Waals surface area contributed by atoms with Crippen molar-refractivity contribution in [2.24, 2.45) is 0 Å². The van der Waals surface area contributed by atoms with Gasteiger partial charge in [0.1, 0.15) is 11.3 Å². The van der Waals surface area contributed by atoms with Gasteiger partial charge in [0.2, 0.25) is 5.75 Å². The van der Waals surface area contributed by atoms with Crippen LogP contribution in [0.25, 0.3) is 6.08 Å². The van der Waals surface area contributed by atoms with Crippen LogP contribution in [-0.4, -0.2) is 45.7 Å². The van der Waals surface area contributed by atoms with Gasteiger partial charge in [0.25, 0.3) is 11.8 Å². The van der Waals surface area contributed by atoms with Gasteiger partial charge in [-0.25, -0.2) is 0 Å². The molecule has 1 fully saturated rings. The normalized spacial score (nSPS) is 14.7. The average molecular weight is 465 g/mol. The van der Waals surface area contributed by atoms with Crippen LogP contribution in [-0.2, 0) is 15.8 Å². The second-order valence-corrected chi connectivity index (χ2v) is 7.04. The molecule has 1 aliphatic rings. The molecule has 0 atom stereocenters. The van der Waals surface area contributed by atoms with Crippen molar-refractivity contribution in [3.05, 3.63) is 69.3 Å². The van der Waals surface area contributed by atoms with Crippen molar-refractivity contribution in [1.82, 2.24) is 9.80 Å². The summed E-state index contributed by atoms with van der Waals surface area (Å²) in [5, 5.41) is 11.2. The molecule has 0 N–H and O–H groups in total. The Morgan fingerprint density at radius 2 is 1.59 bits per heavy atom. The topological polar surface area (TPSA) is 93.0 Å². The first-order valence-electron chi connectivity index (χ1n) is 8.85. The van der Waals surface area contributed by atoms with Gasteiger partial charge in [-0.1, -0.05) is 12.1 Å². The van der Waals surface area contributed by atoms with E-state index in [0.29, 0.717) is 17.7 Å². The van der Waals surface area contributed by atoms with Gasteiger partial charge in [0.05, 0.1) is 10.5 Å². The number of hydrogen-bond acceptors (Lipinski definition) is 6. The van der Waals surface area contributed by atoms with Crippen LogP contribution < -0.4 is 4.74 Å². The van der Waals surface area contributed by atoms with Crippen molar-refractivity contribution in [3.8, 4) is 11.5 Å². The number of ether oxygens (including phenoxy) is 1. The molecule has 0 saturated carbocycles. The summed E-state index contributed by atoms with van der Waals surface area (Å²) in [4.78, 5) is 37.2. The van der Waals surface area contributed by atoms with Crippen molar-refractivity contribution in [3.63, 3.8) is 0 Å². The maximum absolute atomic E-state index is 12.8. The number of thiocarbonyl (C=S) groups is 1. The Labute approximate surface area is 184 Å². The van der Waals surface area contributed by atoms with E-state index in [9.17, 15) is 32.9 Å². The fraction of sp³-hybridized carbons (Fsp3) is 0.150. The first-order valence-corrected chi connectivity index (χ1v) is 9.26. The van der Waals surface area contributed by atoms with Crippen molar-refractivity contribution in [1.29, 1.82) is 0 Å². The molecule has 1 heterocycles. The molecule has 0 spiro atoms. The van der Waals surface area contributed by atoms with E-state index in [1.54, 1.807) is 0 Å². The van der Waals surface area contributed by atoms with Gasteiger partial charge in [0.15, 0.2) is 5.11 Å². The van der Waals surface area contributed by atoms with Crippen molar-refractivity contribution >= 4 is 40.9 Å². The molecule has 0 aromatic heterocycles. The summed E-state index contributed by atoms with van der Waals surface area (Å²) in [5.74, 6) is -1.41. The Bertz CT molecular complexity index is 1140. The van der Waals surface area contributed by atoms with Crippen LogP contribution in [0.4, 0.5) is 18.9 Å². The Kier molecular flexibility index (Phi) is 5.99. The van der Waals surface area contributed by atoms with Crippen LogP contribution in [0.3, 0.4) is 0 Å². The molecule has 1 aliphatic heterocycles. The first kappa shape index (κ1) is 22.9. The zero-order valence-electron chi connectivity index (χ0n) is 16.5. The minimum atomic E-state index is -4.74. The highest BCUT2D eigenvalue weighted by Gasteiger charge is 2.35. The summed E-state index contributed by atoms with van der Waals surface area (Å²) in [7, 11) is 2.88. The highest BCUT2D eigenvalue weighted by atomic mass is 32.1. The molecular weight excluding hydrogens is 451 g/mol. The van der Waals surface area contributed by atoms with E-state index in [2.05, 4.69) is 0 Å². The fourth-order valence-electron chi connectivity index (χ4n) is 2.82. The SMILES string of the molecule is CN1C(=O)C(=Cc2ccc(Oc3ccc(C(F)(F)F)cc3[N+](=O)[O-])cc2)C(=O)N(C)C1=S. The van der Waals surface area contributed by atoms with Crippen LogP contribution in [0, 0.1) is 10.1 Å². The van der Waals surface area contributed by atoms with Crippen molar-refractivity contribution in [2.75, 3.05) is 14.1 Å². The minimum absolute atomic E-state index is 0.0685. The molecule has 2 aromatic rings. The number of nitro groups is 1. The number of nitro benzene ring substituents is 1. The lowest BCUT2D eigenvalue weighted by Gasteiger charge is -2.31. The Hall–Kier alpha value is -3.80. The maximum Gasteiger partial charge on any atom is 0.416 e. The molecule has 0 bridgehead atoms. The number of amides is 2. The van der Waals surface area contributed by atoms with Gasteiger partial charge in [-0.2, -0.15) is 13.2 Å². The van der Waals surface area contributed by atoms with E-state index in [-0.39, 0.29) is 22.2 Å². The van der Waals surface area contributed by atoms with Crippen LogP contribution in [0.15, 0.2) is 48.0 Å². The molecule has 32 heavy (non-hydrogen) atoms. The lowest BCUT2D eigenvalue weighted by molar-refractivity contribution is -0.385. The van der Waals surface area contributed by atoms with E-state index >= 15 is 0 Å². The van der Waals surface area contributed by atoms with Gasteiger partial charge >= 0.3 is 11.9 Å². The molecule has 0 radical (unpaired) electrons. The monoisotopic (exact) mass is 465 g/mol. The Morgan fingerprint density at radius 3 is 2.09 bits per heavy atom. The summed E-state index contributed by atoms with van der Waals surface area (Å²) >= 11 is 5.02. The fourth-order valence-corrected chi connectivity index (χ4v) is 2.99. The molecule has 8 nitrogen and oxygen atoms in total. The summed E-state index contributed by atoms with van der Waals surface area (Å²) in [6.45, 7) is 0. The first-order chi connectivity index (χ1) is 14.9. The standard InChI is InChI=1S/C20H14F3N3O5S/c1-24-17(27)14(18(28)25(2)19(24)32)9-11-3-6-13(7-4-11)31-16-8-5-12(20(21,22)23)10-15(16)26(29)30/h3-10H,1-2H3. The number of rotatable bonds is 4. The predicted molar refractivity (Wildman–Crippen MR) is 111 cm³/mol. The van der Waals surface area contributed by atoms with Crippen molar-refractivity contribution in [2.45, 2.75) is 6.18 Å². The molecule has 3 rings (SSSR count). The van der Waals surface area contributed by atoms with Gasteiger partial charge < -0.3 is 4.74 Å². The number of alkyl halides is 3. The largest absolute Gasteiger partial charge is 0.450 e. The second-order valence-electron chi connectivity index (χ2n) is 6.68. The summed E-state index contributed by atoms with van der Waals surface area (Å²) < 4.78 is 43.8. The number of likely N-dealkylation sites (N-methyl/N-ethyl adjacent to an activating group) is 2. The van der Waals surface area contributed by atoms with E-state index in [4.69, 9.17) is 17.0 Å². The van der Waals surface area contributed by atoms with E-state index < -0.39 is 34.2 Å². The molecular formula is C20H14F3N3O5S. The van der Waals surface area contributed by atoms with Gasteiger partial charge in [0, 0.05) is 20.2 Å². The summed E-state index contributed by atoms with van der Waals surface area (Å²) in [6.07, 6.45) is -3.39. The van der Waals surface area contributed by atoms with Gasteiger partial charge in [-0.3, -0.25) is 29.5 Å². The molecule has 0 aliphatic carbocycles. The average Bonchev–Trinajstić information content (AvgIpc) is 2.74. The molecule has 166 valence electrons. The van der Waals surface area contributed by atoms with Crippen LogP contribution in [0.1, 0.15) is 11.1 Å². The third-order valence-corrected chi connectivity index (χ3v) is 5.09. The number of halogens is 3. The zero-order chi connectivity index (χ0) is 23.8. The zero-order valence-corrected chi connectivity index (χ0v) is 17.4. The number of nitrogens with zero attached hydrogens (tertiary/aromatic N) is 3. The number of carbonyl (C=O) groups is 2. The number of hydrogen-bond donors (Lipinski definition) is 0. The summed E-state index contributed by atoms with van der Waals surface area (Å²) in [6, 6.07) is 7.68. The Morgan fingerprint density at radius 1 is 1.03 bits per heavy atom. The van der Waals surface area contributed by atoms with Gasteiger partial charge in [-0.15, -0.1) is 0 Å². The third kappa shape index (κ3) is 4.44. The maximum atomic E-state index is 12.8. The third-order valence-electron chi connectivity index (χ3n) is 4.55. The molecule has 1 saturated heterocycles. The highest BCUT2D eigenvalue weighted by molar-refractivity contribution is 7.80. The minimum Gasteiger partial charge on any atom is -0.450 e. The molecule has 0 unspecified atom stereocenters. The van der Waals surface area contributed by atoms with Crippen molar-refractivity contribution < 1.29 is 32.4 Å². The predicted octanol–water partition coefficient (Wildman–Crippen LogP) is 4.00. The quantitative estimate of drug-likeness (QED) is 0.223. The lowest BCUT2D eigenvalue weighted by Crippen LogP contribution is -2.52. The molecule has 12 heteroatoms. The second kappa shape index (κ2) is 8.38. The molecule has 2 amide bonds. The van der Waals surface area contributed by atoms with E-state index in [1.807, 2.05) is 0 Å². The van der Waals surface area contributed by atoms with Gasteiger partial charge in [-0.05, 0) is 48.1 Å². The van der Waals surface area contributed by atoms with Crippen LogP contribution in [0.2, 0.25) is 0 Å². The van der Waals surface area contributed by atoms with Crippen LogP contribution >= 0.6 is 12.2 Å². The number of carbonyl (C=O) groups excluding carboxylic acids is 2. The number of benzene rings is 2. The summed E-state index contributed by atoms with van der Waals surface area (Å²) in [5.41, 5.74) is -1.68. The lowest BCUT2D eigenvalue weighted by atomic mass is 10.1. The van der Waals surface area contributed by atoms with E-state index in [0.717, 1.165) is 15.9 Å². The van der Waals surface area contributed by atoms with Crippen LogP contribution in [0.5, 0.6) is 11.5 Å². The Balaban J connectivity index is 1.86. The van der Waals surface area contributed by atoms with E-state index in [1.165, 1.54) is 44.4 Å². The smallest absolute Gasteiger partial charge is 0.416 e. The molecule has 2 aromatic carbocycles.